The average Bonchev–Trinajstić information content (AvgIpc) is 2.70. The third kappa shape index (κ3) is 24.3. The minimum atomic E-state index is -2.97. The van der Waals surface area contributed by atoms with E-state index in [0.717, 1.165) is 45.1 Å². The molecule has 0 saturated heterocycles. The van der Waals surface area contributed by atoms with Crippen molar-refractivity contribution in [2.45, 2.75) is 129 Å². The van der Waals surface area contributed by atoms with E-state index in [-0.39, 0.29) is 0 Å². The molecule has 0 bridgehead atoms. The molecule has 0 fully saturated rings. The van der Waals surface area contributed by atoms with Gasteiger partial charge in [-0.3, -0.25) is 9.36 Å². The summed E-state index contributed by atoms with van der Waals surface area (Å²) in [6.07, 6.45) is 22.8. The van der Waals surface area contributed by atoms with Crippen molar-refractivity contribution in [3.63, 3.8) is 0 Å². The number of carbonyl (C=O) groups excluding carboxylic acids is 1. The Morgan fingerprint density at radius 1 is 0.645 bits per heavy atom. The third-order valence-corrected chi connectivity index (χ3v) is 8.17. The fourth-order valence-corrected chi connectivity index (χ4v) is 5.65. The SMILES string of the molecule is CCCCCCCCCCCCCCCC(=O)CCCCCP(=O)(O)CCCN(C)C. The van der Waals surface area contributed by atoms with Crippen molar-refractivity contribution in [3.05, 3.63) is 0 Å². The van der Waals surface area contributed by atoms with Gasteiger partial charge < -0.3 is 9.79 Å². The first kappa shape index (κ1) is 30.8. The number of rotatable bonds is 24. The molecule has 1 atom stereocenters. The predicted octanol–water partition coefficient (Wildman–Crippen LogP) is 7.82. The van der Waals surface area contributed by atoms with Gasteiger partial charge in [-0.1, -0.05) is 90.4 Å². The summed E-state index contributed by atoms with van der Waals surface area (Å²) in [6.45, 7) is 3.13. The largest absolute Gasteiger partial charge is 0.344 e. The van der Waals surface area contributed by atoms with Gasteiger partial charge in [0, 0.05) is 25.2 Å². The lowest BCUT2D eigenvalue weighted by atomic mass is 10.0. The molecule has 0 aromatic rings. The molecule has 0 spiro atoms. The second-order valence-corrected chi connectivity index (χ2v) is 12.4. The van der Waals surface area contributed by atoms with Gasteiger partial charge in [0.1, 0.15) is 5.78 Å². The molecule has 4 nitrogen and oxygen atoms in total. The van der Waals surface area contributed by atoms with Crippen LogP contribution in [0.1, 0.15) is 129 Å². The molecular formula is C26H54NO3P. The molecule has 0 heterocycles. The summed E-state index contributed by atoms with van der Waals surface area (Å²) in [6, 6.07) is 0. The quantitative estimate of drug-likeness (QED) is 0.118. The Kier molecular flexibility index (Phi) is 21.5. The first-order chi connectivity index (χ1) is 14.9. The van der Waals surface area contributed by atoms with Crippen LogP contribution in [0.5, 0.6) is 0 Å². The van der Waals surface area contributed by atoms with E-state index in [1.54, 1.807) is 0 Å². The zero-order valence-corrected chi connectivity index (χ0v) is 22.1. The number of carbonyl (C=O) groups is 1. The Hall–Kier alpha value is -0.180. The molecule has 0 aliphatic carbocycles. The maximum absolute atomic E-state index is 12.1. The minimum Gasteiger partial charge on any atom is -0.344 e. The summed E-state index contributed by atoms with van der Waals surface area (Å²) in [4.78, 5) is 24.0. The highest BCUT2D eigenvalue weighted by molar-refractivity contribution is 7.57. The van der Waals surface area contributed by atoms with Gasteiger partial charge in [-0.05, 0) is 46.3 Å². The van der Waals surface area contributed by atoms with Crippen molar-refractivity contribution in [2.24, 2.45) is 0 Å². The van der Waals surface area contributed by atoms with E-state index < -0.39 is 7.37 Å². The van der Waals surface area contributed by atoms with Crippen LogP contribution in [0.25, 0.3) is 0 Å². The van der Waals surface area contributed by atoms with Gasteiger partial charge in [0.25, 0.3) is 0 Å². The number of Topliss-reactive ketones (excluding diaryl/α,β-unsaturated/α-hetero) is 1. The summed E-state index contributed by atoms with van der Waals surface area (Å²) in [5, 5.41) is 0. The molecule has 0 amide bonds. The molecule has 0 aromatic heterocycles. The Labute approximate surface area is 194 Å². The van der Waals surface area contributed by atoms with E-state index >= 15 is 0 Å². The highest BCUT2D eigenvalue weighted by atomic mass is 31.2. The molecule has 186 valence electrons. The highest BCUT2D eigenvalue weighted by Gasteiger charge is 2.17. The van der Waals surface area contributed by atoms with Crippen molar-refractivity contribution in [3.8, 4) is 0 Å². The Morgan fingerprint density at radius 3 is 1.48 bits per heavy atom. The number of ketones is 1. The van der Waals surface area contributed by atoms with Crippen LogP contribution in [0.15, 0.2) is 0 Å². The van der Waals surface area contributed by atoms with Gasteiger partial charge in [0.2, 0.25) is 7.37 Å². The standard InChI is InChI=1S/C26H54NO3P/c1-4-5-6-7-8-9-10-11-12-13-14-15-17-21-26(28)22-18-16-19-24-31(29,30)25-20-23-27(2)3/h4-25H2,1-3H3,(H,29,30). The predicted molar refractivity (Wildman–Crippen MR) is 137 cm³/mol. The Bertz CT molecular complexity index is 454. The van der Waals surface area contributed by atoms with Crippen LogP contribution in [0.2, 0.25) is 0 Å². The van der Waals surface area contributed by atoms with Gasteiger partial charge in [-0.15, -0.1) is 0 Å². The normalized spacial score (nSPS) is 13.6. The lowest BCUT2D eigenvalue weighted by Gasteiger charge is -2.13. The number of unbranched alkanes of at least 4 members (excludes halogenated alkanes) is 14. The van der Waals surface area contributed by atoms with Crippen LogP contribution in [0.4, 0.5) is 0 Å². The van der Waals surface area contributed by atoms with E-state index in [9.17, 15) is 14.3 Å². The summed E-state index contributed by atoms with van der Waals surface area (Å²) in [5.41, 5.74) is 0. The first-order valence-corrected chi connectivity index (χ1v) is 15.4. The number of nitrogens with zero attached hydrogens (tertiary/aromatic N) is 1. The van der Waals surface area contributed by atoms with Crippen LogP contribution < -0.4 is 0 Å². The second kappa shape index (κ2) is 21.7. The van der Waals surface area contributed by atoms with E-state index in [0.29, 0.717) is 24.5 Å². The maximum atomic E-state index is 12.1. The monoisotopic (exact) mass is 459 g/mol. The molecule has 0 aromatic carbocycles. The fourth-order valence-electron chi connectivity index (χ4n) is 4.07. The molecule has 1 N–H and O–H groups in total. The van der Waals surface area contributed by atoms with Crippen molar-refractivity contribution in [1.82, 2.24) is 4.90 Å². The van der Waals surface area contributed by atoms with Crippen molar-refractivity contribution >= 4 is 13.2 Å². The topological polar surface area (TPSA) is 57.6 Å². The van der Waals surface area contributed by atoms with Crippen LogP contribution >= 0.6 is 7.37 Å². The van der Waals surface area contributed by atoms with Crippen LogP contribution in [0, 0.1) is 0 Å². The zero-order chi connectivity index (χ0) is 23.2. The van der Waals surface area contributed by atoms with Crippen LogP contribution in [-0.4, -0.2) is 48.5 Å². The molecule has 0 rings (SSSR count). The molecule has 0 aliphatic rings. The average molecular weight is 460 g/mol. The molecule has 31 heavy (non-hydrogen) atoms. The Morgan fingerprint density at radius 2 is 1.03 bits per heavy atom. The van der Waals surface area contributed by atoms with Gasteiger partial charge in [0.15, 0.2) is 0 Å². The first-order valence-electron chi connectivity index (χ1n) is 13.3. The van der Waals surface area contributed by atoms with Gasteiger partial charge in [-0.2, -0.15) is 0 Å². The molecular weight excluding hydrogens is 405 g/mol. The Balaban J connectivity index is 3.37. The molecule has 1 unspecified atom stereocenters. The van der Waals surface area contributed by atoms with Crippen LogP contribution in [0.3, 0.4) is 0 Å². The van der Waals surface area contributed by atoms with E-state index in [1.165, 1.54) is 77.0 Å². The third-order valence-electron chi connectivity index (χ3n) is 6.14. The minimum absolute atomic E-state index is 0.376. The fraction of sp³-hybridized carbons (Fsp3) is 0.962. The number of hydrogen-bond donors (Lipinski definition) is 1. The van der Waals surface area contributed by atoms with Crippen molar-refractivity contribution < 1.29 is 14.3 Å². The zero-order valence-electron chi connectivity index (χ0n) is 21.2. The maximum Gasteiger partial charge on any atom is 0.200 e. The summed E-state index contributed by atoms with van der Waals surface area (Å²) in [5.74, 6) is 0.376. The van der Waals surface area contributed by atoms with Gasteiger partial charge >= 0.3 is 0 Å². The molecule has 5 heteroatoms. The van der Waals surface area contributed by atoms with Crippen molar-refractivity contribution in [2.75, 3.05) is 33.0 Å². The summed E-state index contributed by atoms with van der Waals surface area (Å²) >= 11 is 0. The lowest BCUT2D eigenvalue weighted by molar-refractivity contribution is -0.119. The molecule has 0 aliphatic heterocycles. The van der Waals surface area contributed by atoms with E-state index in [4.69, 9.17) is 0 Å². The molecule has 0 radical (unpaired) electrons. The smallest absolute Gasteiger partial charge is 0.200 e. The van der Waals surface area contributed by atoms with E-state index in [1.807, 2.05) is 19.0 Å². The summed E-state index contributed by atoms with van der Waals surface area (Å²) in [7, 11) is 0.999. The lowest BCUT2D eigenvalue weighted by Crippen LogP contribution is -2.14. The van der Waals surface area contributed by atoms with E-state index in [2.05, 4.69) is 6.92 Å². The van der Waals surface area contributed by atoms with Gasteiger partial charge in [-0.25, -0.2) is 0 Å². The van der Waals surface area contributed by atoms with Gasteiger partial charge in [0.05, 0.1) is 0 Å². The molecule has 0 saturated carbocycles. The highest BCUT2D eigenvalue weighted by Crippen LogP contribution is 2.42. The van der Waals surface area contributed by atoms with Crippen LogP contribution in [-0.2, 0) is 9.36 Å². The van der Waals surface area contributed by atoms with Crippen molar-refractivity contribution in [1.29, 1.82) is 0 Å². The number of hydrogen-bond acceptors (Lipinski definition) is 3. The summed E-state index contributed by atoms with van der Waals surface area (Å²) < 4.78 is 12.1. The second-order valence-electron chi connectivity index (χ2n) is 9.79.